The first-order chi connectivity index (χ1) is 17.1. The minimum atomic E-state index is -0.831. The molecule has 0 bridgehead atoms. The molecule has 5 rings (SSSR count). The van der Waals surface area contributed by atoms with Gasteiger partial charge < -0.3 is 38.7 Å². The smallest absolute Gasteiger partial charge is 0.355 e. The lowest BCUT2D eigenvalue weighted by molar-refractivity contribution is -0.508. The van der Waals surface area contributed by atoms with Crippen LogP contribution < -0.4 is 28.4 Å². The molecule has 1 saturated heterocycles. The molecule has 0 spiro atoms. The van der Waals surface area contributed by atoms with Crippen molar-refractivity contribution >= 4 is 39.3 Å². The van der Waals surface area contributed by atoms with Crippen LogP contribution in [0.2, 0.25) is 0 Å². The van der Waals surface area contributed by atoms with Crippen LogP contribution in [0.4, 0.5) is 5.69 Å². The Hall–Kier alpha value is -2.84. The number of hydrogen-bond donors (Lipinski definition) is 1. The normalized spacial score (nSPS) is 21.5. The minimum Gasteiger partial charge on any atom is -1.00 e. The number of amides is 1. The summed E-state index contributed by atoms with van der Waals surface area (Å²) < 4.78 is 9.70. The molecule has 4 heterocycles. The zero-order chi connectivity index (χ0) is 25.9. The van der Waals surface area contributed by atoms with Crippen LogP contribution in [-0.2, 0) is 34.4 Å². The lowest BCUT2D eigenvalue weighted by atomic mass is 9.77. The lowest BCUT2D eigenvalue weighted by Crippen LogP contribution is -3.00. The zero-order valence-electron chi connectivity index (χ0n) is 20.8. The summed E-state index contributed by atoms with van der Waals surface area (Å²) in [6.07, 6.45) is 3.98. The first-order valence-corrected chi connectivity index (χ1v) is 12.6. The molecule has 10 nitrogen and oxygen atoms in total. The summed E-state index contributed by atoms with van der Waals surface area (Å²) in [5.41, 5.74) is 2.67. The van der Waals surface area contributed by atoms with Gasteiger partial charge in [0.2, 0.25) is 17.1 Å². The largest absolute Gasteiger partial charge is 1.00 e. The number of halogens is 1. The number of benzene rings is 1. The van der Waals surface area contributed by atoms with Crippen LogP contribution in [0.5, 0.6) is 0 Å². The molecule has 2 aromatic heterocycles. The highest BCUT2D eigenvalue weighted by molar-refractivity contribution is 7.18. The fraction of sp³-hybridized carbons (Fsp3) is 0.400. The summed E-state index contributed by atoms with van der Waals surface area (Å²) in [5.74, 6) is -1.67. The second-order valence-electron chi connectivity index (χ2n) is 9.35. The van der Waals surface area contributed by atoms with E-state index in [9.17, 15) is 24.8 Å². The van der Waals surface area contributed by atoms with Gasteiger partial charge in [0, 0.05) is 30.0 Å². The van der Waals surface area contributed by atoms with Gasteiger partial charge in [0.1, 0.15) is 18.5 Å². The van der Waals surface area contributed by atoms with E-state index in [1.54, 1.807) is 18.3 Å². The molecule has 1 fully saturated rings. The van der Waals surface area contributed by atoms with Crippen molar-refractivity contribution in [3.63, 3.8) is 0 Å². The molecule has 1 N–H and O–H groups in total. The van der Waals surface area contributed by atoms with Crippen LogP contribution in [0.25, 0.3) is 10.4 Å². The Labute approximate surface area is 234 Å². The average molecular weight is 638 g/mol. The highest BCUT2D eigenvalue weighted by atomic mass is 127. The molecular weight excluding hydrogens is 611 g/mol. The van der Waals surface area contributed by atoms with Gasteiger partial charge in [0.15, 0.2) is 5.69 Å². The summed E-state index contributed by atoms with van der Waals surface area (Å²) in [5, 5.41) is 21.1. The predicted octanol–water partition coefficient (Wildman–Crippen LogP) is -0.388. The average Bonchev–Trinajstić information content (AvgIpc) is 3.43. The number of carbonyl (C=O) groups excluding carboxylic acids is 2. The van der Waals surface area contributed by atoms with Crippen molar-refractivity contribution in [2.24, 2.45) is 18.9 Å². The molecule has 1 amide bonds. The first-order valence-electron chi connectivity index (χ1n) is 11.8. The highest BCUT2D eigenvalue weighted by Gasteiger charge is 2.60. The Balaban J connectivity index is 0.00000320. The van der Waals surface area contributed by atoms with E-state index in [0.29, 0.717) is 5.56 Å². The van der Waals surface area contributed by atoms with Crippen molar-refractivity contribution in [1.82, 2.24) is 9.47 Å². The number of rotatable bonds is 7. The van der Waals surface area contributed by atoms with Gasteiger partial charge in [-0.25, -0.2) is 9.36 Å². The topological polar surface area (TPSA) is 119 Å². The fourth-order valence-electron chi connectivity index (χ4n) is 5.41. The molecule has 0 aliphatic carbocycles. The van der Waals surface area contributed by atoms with Crippen LogP contribution in [0.3, 0.4) is 0 Å². The van der Waals surface area contributed by atoms with Gasteiger partial charge in [-0.3, -0.25) is 14.9 Å². The van der Waals surface area contributed by atoms with E-state index < -0.39 is 22.9 Å². The van der Waals surface area contributed by atoms with E-state index in [4.69, 9.17) is 4.74 Å². The Kier molecular flexibility index (Phi) is 7.45. The number of aliphatic hydroxyl groups is 1. The van der Waals surface area contributed by atoms with E-state index in [0.717, 1.165) is 21.7 Å². The number of fused-ring (bicyclic) bond motifs is 2. The molecule has 0 unspecified atom stereocenters. The summed E-state index contributed by atoms with van der Waals surface area (Å²) >= 11 is 1.57. The maximum absolute atomic E-state index is 13.4. The summed E-state index contributed by atoms with van der Waals surface area (Å²) in [7, 11) is 1.99. The first kappa shape index (κ1) is 27.2. The Morgan fingerprint density at radius 3 is 2.59 bits per heavy atom. The molecule has 196 valence electrons. The third-order valence-electron chi connectivity index (χ3n) is 7.15. The number of aryl methyl sites for hydroxylation is 2. The van der Waals surface area contributed by atoms with Crippen molar-refractivity contribution in [2.45, 2.75) is 45.9 Å². The van der Waals surface area contributed by atoms with Crippen LogP contribution in [0.15, 0.2) is 42.5 Å². The number of hydrogen-bond acceptors (Lipinski definition) is 7. The zero-order valence-corrected chi connectivity index (χ0v) is 23.7. The van der Waals surface area contributed by atoms with Gasteiger partial charge in [-0.15, -0.1) is 0 Å². The third-order valence-corrected chi connectivity index (χ3v) is 8.34. The molecule has 12 heteroatoms. The Bertz CT molecular complexity index is 1430. The number of non-ortho nitro benzene ring substituents is 1. The fourth-order valence-corrected chi connectivity index (χ4v) is 6.79. The van der Waals surface area contributed by atoms with Gasteiger partial charge in [0.05, 0.1) is 34.9 Å². The van der Waals surface area contributed by atoms with Crippen molar-refractivity contribution in [3.05, 3.63) is 68.7 Å². The summed E-state index contributed by atoms with van der Waals surface area (Å²) in [4.78, 5) is 40.3. The van der Waals surface area contributed by atoms with Crippen LogP contribution in [-0.4, -0.2) is 43.5 Å². The van der Waals surface area contributed by atoms with Gasteiger partial charge >= 0.3 is 5.97 Å². The minimum absolute atomic E-state index is 0. The number of imidazole rings is 1. The molecule has 4 atom stereocenters. The van der Waals surface area contributed by atoms with Gasteiger partial charge in [-0.1, -0.05) is 25.2 Å². The number of nitro benzene ring substituents is 1. The molecule has 0 radical (unpaired) electrons. The number of aromatic nitrogens is 2. The number of thiazole rings is 1. The number of nitro groups is 1. The van der Waals surface area contributed by atoms with Crippen molar-refractivity contribution in [1.29, 1.82) is 0 Å². The maximum Gasteiger partial charge on any atom is 0.355 e. The van der Waals surface area contributed by atoms with E-state index in [2.05, 4.69) is 11.5 Å². The standard InChI is InChI=1S/C25H27N4O6S.HI/c1-5-17-24-27(12-26(17)4)10-18(36-24)19-13(2)21-20(14(3)30)23(31)28(21)22(19)25(32)35-11-15-6-8-16(9-7-15)29(33)34;/h6-10,12-14,20-21,30H,5,11H2,1-4H3;1H/q+1;/p-1/t13-,14+,20+,21+;/m0./s1. The molecule has 2 aliphatic heterocycles. The lowest BCUT2D eigenvalue weighted by Gasteiger charge is -2.46. The second kappa shape index (κ2) is 10.1. The number of esters is 1. The number of aliphatic hydroxyl groups excluding tert-OH is 1. The molecule has 1 aromatic carbocycles. The van der Waals surface area contributed by atoms with Gasteiger partial charge in [-0.2, -0.15) is 4.40 Å². The molecular formula is C25H27IN4O6S. The quantitative estimate of drug-likeness (QED) is 0.0942. The Morgan fingerprint density at radius 2 is 2.00 bits per heavy atom. The number of ether oxygens (including phenoxy) is 1. The summed E-state index contributed by atoms with van der Waals surface area (Å²) in [6, 6.07) is 5.46. The second-order valence-corrected chi connectivity index (χ2v) is 10.4. The van der Waals surface area contributed by atoms with E-state index in [-0.39, 0.29) is 59.8 Å². The highest BCUT2D eigenvalue weighted by Crippen LogP contribution is 2.51. The summed E-state index contributed by atoms with van der Waals surface area (Å²) in [6.45, 7) is 5.57. The van der Waals surface area contributed by atoms with Crippen LogP contribution in [0.1, 0.15) is 36.9 Å². The monoisotopic (exact) mass is 638 g/mol. The number of nitrogens with zero attached hydrogens (tertiary/aromatic N) is 4. The van der Waals surface area contributed by atoms with Gasteiger partial charge in [-0.05, 0) is 24.6 Å². The molecule has 37 heavy (non-hydrogen) atoms. The van der Waals surface area contributed by atoms with Crippen molar-refractivity contribution in [2.75, 3.05) is 0 Å². The van der Waals surface area contributed by atoms with E-state index in [1.807, 2.05) is 30.9 Å². The van der Waals surface area contributed by atoms with Gasteiger partial charge in [0.25, 0.3) is 5.69 Å². The van der Waals surface area contributed by atoms with E-state index in [1.165, 1.54) is 34.9 Å². The molecule has 2 aliphatic rings. The predicted molar refractivity (Wildman–Crippen MR) is 131 cm³/mol. The Morgan fingerprint density at radius 1 is 1.32 bits per heavy atom. The number of carbonyl (C=O) groups is 2. The maximum atomic E-state index is 13.4. The van der Waals surface area contributed by atoms with Crippen molar-refractivity contribution in [3.8, 4) is 0 Å². The SMILES string of the molecule is CCc1c2sc(C3=C(C(=O)OCc4ccc([N+](=O)[O-])cc4)N4C(=O)[C@H]([C@@H](C)O)[C@H]4[C@H]3C)c[n+]2cn1C.[I-]. The third kappa shape index (κ3) is 4.34. The van der Waals surface area contributed by atoms with Crippen LogP contribution in [0, 0.1) is 22.0 Å². The van der Waals surface area contributed by atoms with Crippen LogP contribution >= 0.6 is 11.3 Å². The molecule has 0 saturated carbocycles. The number of β-lactam (4-membered cyclic amide) rings is 1. The molecule has 3 aromatic rings. The van der Waals surface area contributed by atoms with E-state index >= 15 is 0 Å². The van der Waals surface area contributed by atoms with Crippen molar-refractivity contribution < 1.29 is 52.7 Å².